The van der Waals surface area contributed by atoms with Gasteiger partial charge in [0.25, 0.3) is 0 Å². The van der Waals surface area contributed by atoms with Crippen molar-refractivity contribution in [1.29, 1.82) is 0 Å². The molecule has 0 spiro atoms. The fourth-order valence-electron chi connectivity index (χ4n) is 4.57. The van der Waals surface area contributed by atoms with E-state index >= 15 is 0 Å². The third kappa shape index (κ3) is 2.62. The van der Waals surface area contributed by atoms with Crippen molar-refractivity contribution < 1.29 is 8.81 Å². The molecular weight excluding hydrogens is 413 g/mol. The Morgan fingerprint density at radius 1 is 0.727 bits per heavy atom. The summed E-state index contributed by atoms with van der Waals surface area (Å²) < 4.78 is 23.1. The summed E-state index contributed by atoms with van der Waals surface area (Å²) in [6.07, 6.45) is 0. The zero-order valence-corrected chi connectivity index (χ0v) is 17.4. The summed E-state index contributed by atoms with van der Waals surface area (Å²) in [7, 11) is 0. The second-order valence-corrected chi connectivity index (χ2v) is 8.03. The smallest absolute Gasteiger partial charge is 0.165 e. The van der Waals surface area contributed by atoms with Crippen LogP contribution in [0.5, 0.6) is 0 Å². The number of para-hydroxylation sites is 3. The number of hydrogen-bond donors (Lipinski definition) is 0. The van der Waals surface area contributed by atoms with E-state index in [2.05, 4.69) is 0 Å². The van der Waals surface area contributed by atoms with Crippen LogP contribution in [0.2, 0.25) is 0 Å². The van der Waals surface area contributed by atoms with Crippen molar-refractivity contribution in [2.75, 3.05) is 0 Å². The largest absolute Gasteiger partial charge is 0.455 e. The van der Waals surface area contributed by atoms with E-state index < -0.39 is 0 Å². The zero-order chi connectivity index (χ0) is 21.9. The molecule has 0 N–H and O–H groups in total. The molecular formula is C28H16FN3O. The van der Waals surface area contributed by atoms with Gasteiger partial charge in [0.05, 0.1) is 16.5 Å². The maximum Gasteiger partial charge on any atom is 0.165 e. The molecule has 0 aliphatic carbocycles. The lowest BCUT2D eigenvalue weighted by molar-refractivity contribution is 0.634. The Morgan fingerprint density at radius 3 is 2.42 bits per heavy atom. The lowest BCUT2D eigenvalue weighted by Gasteiger charge is -2.09. The molecule has 0 saturated carbocycles. The monoisotopic (exact) mass is 429 g/mol. The molecule has 156 valence electrons. The average molecular weight is 429 g/mol. The van der Waals surface area contributed by atoms with E-state index in [9.17, 15) is 4.39 Å². The summed E-state index contributed by atoms with van der Waals surface area (Å²) in [5.74, 6) is 0.341. The van der Waals surface area contributed by atoms with Crippen molar-refractivity contribution in [2.45, 2.75) is 0 Å². The van der Waals surface area contributed by atoms with E-state index in [1.807, 2.05) is 89.5 Å². The van der Waals surface area contributed by atoms with E-state index in [-0.39, 0.29) is 5.82 Å². The van der Waals surface area contributed by atoms with E-state index in [1.165, 1.54) is 6.07 Å². The summed E-state index contributed by atoms with van der Waals surface area (Å²) in [6, 6.07) is 30.7. The Balaban J connectivity index is 1.64. The van der Waals surface area contributed by atoms with Gasteiger partial charge in [-0.1, -0.05) is 54.6 Å². The van der Waals surface area contributed by atoms with Crippen LogP contribution in [0.25, 0.3) is 61.1 Å². The summed E-state index contributed by atoms with van der Waals surface area (Å²) in [5, 5.41) is 2.23. The second kappa shape index (κ2) is 6.74. The average Bonchev–Trinajstić information content (AvgIpc) is 3.42. The SMILES string of the molecule is Fc1ccc(-c2nc3cc4ccccc4nc3n2-c2ccccc2)c2oc3ccccc3c12. The fourth-order valence-corrected chi connectivity index (χ4v) is 4.57. The molecule has 0 amide bonds. The first kappa shape index (κ1) is 18.1. The summed E-state index contributed by atoms with van der Waals surface area (Å²) in [4.78, 5) is 9.91. The molecule has 7 aromatic rings. The van der Waals surface area contributed by atoms with Crippen molar-refractivity contribution in [1.82, 2.24) is 14.5 Å². The molecule has 3 heterocycles. The highest BCUT2D eigenvalue weighted by Crippen LogP contribution is 2.39. The summed E-state index contributed by atoms with van der Waals surface area (Å²) in [6.45, 7) is 0. The van der Waals surface area contributed by atoms with Gasteiger partial charge in [-0.25, -0.2) is 14.4 Å². The molecule has 33 heavy (non-hydrogen) atoms. The minimum absolute atomic E-state index is 0.315. The molecule has 4 aromatic carbocycles. The number of hydrogen-bond acceptors (Lipinski definition) is 3. The number of benzene rings is 4. The minimum Gasteiger partial charge on any atom is -0.455 e. The van der Waals surface area contributed by atoms with E-state index in [0.29, 0.717) is 27.9 Å². The Morgan fingerprint density at radius 2 is 1.52 bits per heavy atom. The highest BCUT2D eigenvalue weighted by atomic mass is 19.1. The standard InChI is InChI=1S/C28H16FN3O/c29-21-15-14-20(26-25(21)19-11-5-7-13-24(19)33-26)27-31-23-16-17-8-4-6-12-22(17)30-28(23)32(27)18-9-2-1-3-10-18/h1-16H. The first-order valence-corrected chi connectivity index (χ1v) is 10.7. The van der Waals surface area contributed by atoms with Gasteiger partial charge < -0.3 is 4.42 Å². The molecule has 0 bridgehead atoms. The van der Waals surface area contributed by atoms with Gasteiger partial charge in [-0.05, 0) is 42.5 Å². The van der Waals surface area contributed by atoms with Gasteiger partial charge in [0, 0.05) is 16.5 Å². The summed E-state index contributed by atoms with van der Waals surface area (Å²) >= 11 is 0. The molecule has 0 aliphatic heterocycles. The first-order chi connectivity index (χ1) is 16.3. The van der Waals surface area contributed by atoms with Crippen molar-refractivity contribution >= 4 is 44.0 Å². The van der Waals surface area contributed by atoms with Crippen molar-refractivity contribution in [2.24, 2.45) is 0 Å². The molecule has 0 aliphatic rings. The maximum atomic E-state index is 15.0. The number of aromatic nitrogens is 3. The molecule has 0 fully saturated rings. The Hall–Kier alpha value is -4.51. The van der Waals surface area contributed by atoms with Gasteiger partial charge in [0.2, 0.25) is 0 Å². The van der Waals surface area contributed by atoms with Gasteiger partial charge in [-0.15, -0.1) is 0 Å². The van der Waals surface area contributed by atoms with E-state index in [0.717, 1.165) is 33.1 Å². The van der Waals surface area contributed by atoms with Crippen LogP contribution in [-0.2, 0) is 0 Å². The molecule has 4 nitrogen and oxygen atoms in total. The van der Waals surface area contributed by atoms with Gasteiger partial charge in [-0.2, -0.15) is 0 Å². The number of fused-ring (bicyclic) bond motifs is 5. The third-order valence-electron chi connectivity index (χ3n) is 6.06. The van der Waals surface area contributed by atoms with Gasteiger partial charge in [-0.3, -0.25) is 4.57 Å². The maximum absolute atomic E-state index is 15.0. The molecule has 0 saturated heterocycles. The molecule has 0 atom stereocenters. The van der Waals surface area contributed by atoms with Crippen molar-refractivity contribution in [3.05, 3.63) is 103 Å². The lowest BCUT2D eigenvalue weighted by atomic mass is 10.1. The fraction of sp³-hybridized carbons (Fsp3) is 0. The van der Waals surface area contributed by atoms with Crippen molar-refractivity contribution in [3.63, 3.8) is 0 Å². The minimum atomic E-state index is -0.315. The quantitative estimate of drug-likeness (QED) is 0.290. The van der Waals surface area contributed by atoms with Crippen molar-refractivity contribution in [3.8, 4) is 17.1 Å². The predicted octanol–water partition coefficient (Wildman–Crippen LogP) is 7.28. The topological polar surface area (TPSA) is 43.9 Å². The van der Waals surface area contributed by atoms with Crippen LogP contribution in [0.4, 0.5) is 4.39 Å². The molecule has 7 rings (SSSR count). The lowest BCUT2D eigenvalue weighted by Crippen LogP contribution is -1.99. The summed E-state index contributed by atoms with van der Waals surface area (Å²) in [5.41, 5.74) is 5.16. The van der Waals surface area contributed by atoms with E-state index in [1.54, 1.807) is 6.07 Å². The number of imidazole rings is 1. The number of halogens is 1. The van der Waals surface area contributed by atoms with Crippen LogP contribution in [-0.4, -0.2) is 14.5 Å². The number of rotatable bonds is 2. The molecule has 3 aromatic heterocycles. The van der Waals surface area contributed by atoms with Crippen LogP contribution >= 0.6 is 0 Å². The molecule has 0 radical (unpaired) electrons. The zero-order valence-electron chi connectivity index (χ0n) is 17.4. The van der Waals surface area contributed by atoms with Gasteiger partial charge in [0.15, 0.2) is 11.5 Å². The van der Waals surface area contributed by atoms with Crippen LogP contribution < -0.4 is 0 Å². The Labute approximate surface area is 187 Å². The Bertz CT molecular complexity index is 1830. The normalized spacial score (nSPS) is 11.8. The highest BCUT2D eigenvalue weighted by molar-refractivity contribution is 6.10. The first-order valence-electron chi connectivity index (χ1n) is 10.7. The number of nitrogens with zero attached hydrogens (tertiary/aromatic N) is 3. The highest BCUT2D eigenvalue weighted by Gasteiger charge is 2.22. The third-order valence-corrected chi connectivity index (χ3v) is 6.06. The number of pyridine rings is 1. The van der Waals surface area contributed by atoms with Crippen LogP contribution in [0, 0.1) is 5.82 Å². The van der Waals surface area contributed by atoms with Gasteiger partial charge in [0.1, 0.15) is 22.5 Å². The van der Waals surface area contributed by atoms with E-state index in [4.69, 9.17) is 14.4 Å². The second-order valence-electron chi connectivity index (χ2n) is 8.03. The molecule has 5 heteroatoms. The number of furan rings is 1. The Kier molecular flexibility index (Phi) is 3.70. The predicted molar refractivity (Wildman–Crippen MR) is 129 cm³/mol. The molecule has 0 unspecified atom stereocenters. The van der Waals surface area contributed by atoms with Crippen LogP contribution in [0.3, 0.4) is 0 Å². The van der Waals surface area contributed by atoms with Crippen LogP contribution in [0.15, 0.2) is 101 Å². The van der Waals surface area contributed by atoms with Gasteiger partial charge >= 0.3 is 0 Å². The van der Waals surface area contributed by atoms with Crippen LogP contribution in [0.1, 0.15) is 0 Å².